The summed E-state index contributed by atoms with van der Waals surface area (Å²) in [5, 5.41) is 23.2. The highest BCUT2D eigenvalue weighted by atomic mass is 28.3. The highest BCUT2D eigenvalue weighted by molar-refractivity contribution is 6.76. The molecule has 4 aromatic rings. The van der Waals surface area contributed by atoms with Gasteiger partial charge in [-0.2, -0.15) is 0 Å². The van der Waals surface area contributed by atoms with E-state index in [1.165, 1.54) is 4.57 Å². The Kier molecular flexibility index (Phi) is 8.86. The van der Waals surface area contributed by atoms with Gasteiger partial charge in [0.2, 0.25) is 0 Å². The largest absolute Gasteiger partial charge is 0.506 e. The number of rotatable bonds is 13. The van der Waals surface area contributed by atoms with E-state index >= 15 is 0 Å². The number of H-pyrrole nitrogens is 1. The molecule has 204 valence electrons. The van der Waals surface area contributed by atoms with Gasteiger partial charge in [-0.15, -0.1) is 0 Å². The van der Waals surface area contributed by atoms with E-state index < -0.39 is 8.07 Å². The van der Waals surface area contributed by atoms with Crippen molar-refractivity contribution in [2.24, 2.45) is 0 Å². The van der Waals surface area contributed by atoms with E-state index in [0.29, 0.717) is 40.7 Å². The van der Waals surface area contributed by atoms with Crippen LogP contribution in [0.15, 0.2) is 46.0 Å². The van der Waals surface area contributed by atoms with Crippen molar-refractivity contribution in [3.63, 3.8) is 0 Å². The molecule has 4 rings (SSSR count). The molecule has 0 amide bonds. The van der Waals surface area contributed by atoms with Crippen molar-refractivity contribution in [2.75, 3.05) is 13.2 Å². The fourth-order valence-corrected chi connectivity index (χ4v) is 5.29. The van der Waals surface area contributed by atoms with Crippen molar-refractivity contribution in [2.45, 2.75) is 71.1 Å². The van der Waals surface area contributed by atoms with E-state index in [-0.39, 0.29) is 35.9 Å². The zero-order valence-corrected chi connectivity index (χ0v) is 23.5. The highest BCUT2D eigenvalue weighted by Crippen LogP contribution is 2.27. The maximum atomic E-state index is 13.7. The standard InChI is InChI=1S/C28H38N4O5Si/c1-38(2,3)18-17-37-19-31-22-13-10-14-23(34)26(22)29-25(28(31)36)20-11-9-12-21-24(20)30-32(27(21)35)15-7-5-4-6-8-16-33/h9-14,30,33-34H,4-8,15-19H2,1-3H3. The SMILES string of the molecule is C[Si](C)(C)CCOCn1c(=O)c(-c2cccc3c(=O)n(CCCCCCCO)[nH]c23)nc2c(O)cccc21. The van der Waals surface area contributed by atoms with E-state index in [4.69, 9.17) is 9.84 Å². The van der Waals surface area contributed by atoms with E-state index in [1.54, 1.807) is 41.1 Å². The average Bonchev–Trinajstić information content (AvgIpc) is 3.20. The maximum absolute atomic E-state index is 13.7. The normalized spacial score (nSPS) is 12.1. The Morgan fingerprint density at radius 2 is 1.71 bits per heavy atom. The van der Waals surface area contributed by atoms with Crippen molar-refractivity contribution in [3.05, 3.63) is 57.1 Å². The van der Waals surface area contributed by atoms with Crippen LogP contribution in [-0.2, 0) is 18.0 Å². The number of para-hydroxylation sites is 2. The number of aromatic nitrogens is 4. The Bertz CT molecular complexity index is 1520. The Morgan fingerprint density at radius 3 is 2.47 bits per heavy atom. The molecule has 3 N–H and O–H groups in total. The first kappa shape index (κ1) is 27.8. The van der Waals surface area contributed by atoms with Crippen LogP contribution in [0.2, 0.25) is 25.7 Å². The number of benzene rings is 2. The van der Waals surface area contributed by atoms with Gasteiger partial charge < -0.3 is 14.9 Å². The summed E-state index contributed by atoms with van der Waals surface area (Å²) >= 11 is 0. The molecule has 9 nitrogen and oxygen atoms in total. The molecule has 0 saturated carbocycles. The van der Waals surface area contributed by atoms with Crippen LogP contribution in [0.25, 0.3) is 33.2 Å². The van der Waals surface area contributed by atoms with Gasteiger partial charge >= 0.3 is 0 Å². The van der Waals surface area contributed by atoms with Gasteiger partial charge in [-0.25, -0.2) is 4.98 Å². The molecule has 0 fully saturated rings. The fraction of sp³-hybridized carbons (Fsp3) is 0.464. The highest BCUT2D eigenvalue weighted by Gasteiger charge is 2.20. The lowest BCUT2D eigenvalue weighted by Gasteiger charge is -2.17. The Balaban J connectivity index is 1.71. The second kappa shape index (κ2) is 12.1. The quantitative estimate of drug-likeness (QED) is 0.168. The average molecular weight is 539 g/mol. The van der Waals surface area contributed by atoms with Crippen LogP contribution in [0.5, 0.6) is 5.75 Å². The summed E-state index contributed by atoms with van der Waals surface area (Å²) in [5.74, 6) is -0.0287. The van der Waals surface area contributed by atoms with Crippen LogP contribution >= 0.6 is 0 Å². The minimum atomic E-state index is -1.30. The molecule has 0 aliphatic rings. The zero-order valence-electron chi connectivity index (χ0n) is 22.5. The third kappa shape index (κ3) is 6.25. The van der Waals surface area contributed by atoms with Crippen LogP contribution in [0, 0.1) is 0 Å². The Morgan fingerprint density at radius 1 is 0.974 bits per heavy atom. The lowest BCUT2D eigenvalue weighted by Crippen LogP contribution is -2.27. The number of phenolic OH excluding ortho intramolecular Hbond substituents is 1. The molecule has 2 aromatic carbocycles. The molecule has 0 saturated heterocycles. The van der Waals surface area contributed by atoms with Crippen LogP contribution in [0.4, 0.5) is 0 Å². The summed E-state index contributed by atoms with van der Waals surface area (Å²) in [4.78, 5) is 31.4. The molecule has 0 atom stereocenters. The lowest BCUT2D eigenvalue weighted by molar-refractivity contribution is 0.0878. The molecular weight excluding hydrogens is 500 g/mol. The zero-order chi connectivity index (χ0) is 27.3. The minimum Gasteiger partial charge on any atom is -0.506 e. The summed E-state index contributed by atoms with van der Waals surface area (Å²) in [5.41, 5.74) is 1.51. The monoisotopic (exact) mass is 538 g/mol. The number of aliphatic hydroxyl groups excluding tert-OH is 1. The molecule has 0 aliphatic heterocycles. The number of aromatic amines is 1. The first-order valence-corrected chi connectivity index (χ1v) is 17.0. The molecule has 0 radical (unpaired) electrons. The van der Waals surface area contributed by atoms with E-state index in [2.05, 4.69) is 29.7 Å². The number of fused-ring (bicyclic) bond motifs is 2. The lowest BCUT2D eigenvalue weighted by atomic mass is 10.1. The predicted octanol–water partition coefficient (Wildman–Crippen LogP) is 4.67. The number of hydrogen-bond donors (Lipinski definition) is 3. The van der Waals surface area contributed by atoms with Crippen LogP contribution in [-0.4, -0.2) is 50.8 Å². The van der Waals surface area contributed by atoms with Crippen molar-refractivity contribution >= 4 is 30.0 Å². The number of hydrogen-bond acceptors (Lipinski definition) is 6. The number of nitrogens with one attached hydrogen (secondary N) is 1. The van der Waals surface area contributed by atoms with Crippen molar-refractivity contribution in [1.82, 2.24) is 19.3 Å². The van der Waals surface area contributed by atoms with E-state index in [9.17, 15) is 14.7 Å². The second-order valence-corrected chi connectivity index (χ2v) is 16.6. The number of aliphatic hydroxyl groups is 1. The summed E-state index contributed by atoms with van der Waals surface area (Å²) in [6.07, 6.45) is 4.56. The van der Waals surface area contributed by atoms with Crippen molar-refractivity contribution in [3.8, 4) is 17.0 Å². The summed E-state index contributed by atoms with van der Waals surface area (Å²) in [7, 11) is -1.30. The second-order valence-electron chi connectivity index (χ2n) is 11.0. The first-order chi connectivity index (χ1) is 18.2. The van der Waals surface area contributed by atoms with Gasteiger partial charge in [0, 0.05) is 33.4 Å². The van der Waals surface area contributed by atoms with Gasteiger partial charge in [-0.05, 0) is 37.1 Å². The van der Waals surface area contributed by atoms with Gasteiger partial charge in [0.25, 0.3) is 11.1 Å². The van der Waals surface area contributed by atoms with Crippen molar-refractivity contribution in [1.29, 1.82) is 0 Å². The summed E-state index contributed by atoms with van der Waals surface area (Å²) in [6.45, 7) is 8.14. The molecule has 10 heteroatoms. The van der Waals surface area contributed by atoms with Crippen LogP contribution < -0.4 is 11.1 Å². The van der Waals surface area contributed by atoms with Crippen LogP contribution in [0.1, 0.15) is 32.1 Å². The number of ether oxygens (including phenoxy) is 1. The first-order valence-electron chi connectivity index (χ1n) is 13.3. The molecule has 2 aromatic heterocycles. The Hall–Kier alpha value is -3.21. The summed E-state index contributed by atoms with van der Waals surface area (Å²) < 4.78 is 9.00. The van der Waals surface area contributed by atoms with Gasteiger partial charge in [0.15, 0.2) is 0 Å². The van der Waals surface area contributed by atoms with Crippen LogP contribution in [0.3, 0.4) is 0 Å². The van der Waals surface area contributed by atoms with Gasteiger partial charge in [0.05, 0.1) is 16.4 Å². The van der Waals surface area contributed by atoms with E-state index in [1.807, 2.05) is 0 Å². The molecule has 0 aliphatic carbocycles. The predicted molar refractivity (Wildman–Crippen MR) is 153 cm³/mol. The van der Waals surface area contributed by atoms with E-state index in [0.717, 1.165) is 38.1 Å². The molecular formula is C28H38N4O5Si. The number of aryl methyl sites for hydroxylation is 1. The topological polar surface area (TPSA) is 122 Å². The minimum absolute atomic E-state index is 0.0287. The van der Waals surface area contributed by atoms with Gasteiger partial charge in [-0.3, -0.25) is 23.9 Å². The molecule has 0 unspecified atom stereocenters. The maximum Gasteiger partial charge on any atom is 0.279 e. The Labute approximate surface area is 222 Å². The van der Waals surface area contributed by atoms with Crippen molar-refractivity contribution < 1.29 is 14.9 Å². The number of phenols is 1. The summed E-state index contributed by atoms with van der Waals surface area (Å²) in [6, 6.07) is 11.2. The number of aromatic hydroxyl groups is 1. The van der Waals surface area contributed by atoms with Gasteiger partial charge in [-0.1, -0.05) is 57.1 Å². The third-order valence-electron chi connectivity index (χ3n) is 6.75. The smallest absolute Gasteiger partial charge is 0.279 e. The number of unbranched alkanes of at least 4 members (excludes halogenated alkanes) is 4. The third-order valence-corrected chi connectivity index (χ3v) is 8.46. The fourth-order valence-electron chi connectivity index (χ4n) is 4.54. The number of nitrogens with zero attached hydrogens (tertiary/aromatic N) is 3. The molecule has 38 heavy (non-hydrogen) atoms. The molecule has 2 heterocycles. The molecule has 0 bridgehead atoms. The molecule has 0 spiro atoms. The van der Waals surface area contributed by atoms with Gasteiger partial charge in [0.1, 0.15) is 23.7 Å².